The minimum absolute atomic E-state index is 0.222. The molecule has 0 aliphatic carbocycles. The van der Waals surface area contributed by atoms with E-state index < -0.39 is 0 Å². The zero-order valence-electron chi connectivity index (χ0n) is 9.81. The van der Waals surface area contributed by atoms with Crippen LogP contribution >= 0.6 is 0 Å². The first kappa shape index (κ1) is 11.7. The van der Waals surface area contributed by atoms with Crippen LogP contribution in [0.5, 0.6) is 5.75 Å². The Bertz CT molecular complexity index is 442. The van der Waals surface area contributed by atoms with Crippen molar-refractivity contribution in [2.45, 2.75) is 13.5 Å². The summed E-state index contributed by atoms with van der Waals surface area (Å²) in [7, 11) is 0. The average Bonchev–Trinajstić information content (AvgIpc) is 2.35. The molecule has 0 radical (unpaired) electrons. The monoisotopic (exact) mass is 233 g/mol. The second-order valence-electron chi connectivity index (χ2n) is 4.05. The Balaban J connectivity index is 1.90. The Kier molecular flexibility index (Phi) is 3.44. The second kappa shape index (κ2) is 5.01. The van der Waals surface area contributed by atoms with E-state index in [4.69, 9.17) is 9.47 Å². The van der Waals surface area contributed by atoms with Gasteiger partial charge in [-0.15, -0.1) is 0 Å². The lowest BCUT2D eigenvalue weighted by atomic mass is 10.2. The van der Waals surface area contributed by atoms with Crippen LogP contribution in [0.2, 0.25) is 0 Å². The van der Waals surface area contributed by atoms with Gasteiger partial charge in [-0.2, -0.15) is 0 Å². The Morgan fingerprint density at radius 1 is 1.53 bits per heavy atom. The molecule has 1 aromatic carbocycles. The van der Waals surface area contributed by atoms with E-state index in [0.29, 0.717) is 12.3 Å². The van der Waals surface area contributed by atoms with Crippen LogP contribution in [0.1, 0.15) is 12.5 Å². The number of ether oxygens (including phenoxy) is 2. The van der Waals surface area contributed by atoms with Gasteiger partial charge in [0, 0.05) is 17.7 Å². The molecule has 1 heterocycles. The van der Waals surface area contributed by atoms with Gasteiger partial charge >= 0.3 is 5.97 Å². The molecular weight excluding hydrogens is 218 g/mol. The van der Waals surface area contributed by atoms with Gasteiger partial charge in [0.05, 0.1) is 0 Å². The lowest BCUT2D eigenvalue weighted by Crippen LogP contribution is -2.34. The van der Waals surface area contributed by atoms with Crippen molar-refractivity contribution in [3.8, 4) is 5.75 Å². The van der Waals surface area contributed by atoms with Crippen LogP contribution in [0.4, 0.5) is 0 Å². The zero-order chi connectivity index (χ0) is 12.3. The van der Waals surface area contributed by atoms with Crippen LogP contribution in [0.15, 0.2) is 36.4 Å². The van der Waals surface area contributed by atoms with Crippen LogP contribution in [-0.2, 0) is 16.1 Å². The maximum atomic E-state index is 11.2. The molecule has 0 N–H and O–H groups in total. The number of nitrogens with zero attached hydrogens (tertiary/aromatic N) is 1. The van der Waals surface area contributed by atoms with Gasteiger partial charge in [-0.3, -0.25) is 0 Å². The number of carbonyl (C=O) groups excluding carboxylic acids is 1. The minimum atomic E-state index is -0.371. The van der Waals surface area contributed by atoms with Gasteiger partial charge in [-0.25, -0.2) is 9.69 Å². The SMILES string of the molecule is C=C(C)C(=O)OCN1COc2ccccc2C1. The minimum Gasteiger partial charge on any atom is -0.478 e. The quantitative estimate of drug-likeness (QED) is 0.590. The van der Waals surface area contributed by atoms with Gasteiger partial charge in [-0.05, 0) is 13.0 Å². The molecule has 1 aliphatic heterocycles. The summed E-state index contributed by atoms with van der Waals surface area (Å²) in [6, 6.07) is 7.84. The molecule has 0 fully saturated rings. The van der Waals surface area contributed by atoms with E-state index in [9.17, 15) is 4.79 Å². The van der Waals surface area contributed by atoms with E-state index in [1.807, 2.05) is 29.2 Å². The molecule has 17 heavy (non-hydrogen) atoms. The van der Waals surface area contributed by atoms with Gasteiger partial charge in [-0.1, -0.05) is 24.8 Å². The van der Waals surface area contributed by atoms with E-state index in [-0.39, 0.29) is 12.7 Å². The molecule has 4 heteroatoms. The number of rotatable bonds is 3. The van der Waals surface area contributed by atoms with E-state index in [2.05, 4.69) is 6.58 Å². The predicted molar refractivity (Wildman–Crippen MR) is 63.3 cm³/mol. The van der Waals surface area contributed by atoms with Gasteiger partial charge in [0.2, 0.25) is 0 Å². The van der Waals surface area contributed by atoms with Gasteiger partial charge in [0.25, 0.3) is 0 Å². The number of hydrogen-bond acceptors (Lipinski definition) is 4. The molecular formula is C13H15NO3. The van der Waals surface area contributed by atoms with Crippen molar-refractivity contribution in [2.75, 3.05) is 13.5 Å². The highest BCUT2D eigenvalue weighted by atomic mass is 16.6. The van der Waals surface area contributed by atoms with E-state index in [0.717, 1.165) is 17.9 Å². The summed E-state index contributed by atoms with van der Waals surface area (Å²) in [5.41, 5.74) is 1.51. The van der Waals surface area contributed by atoms with Gasteiger partial charge in [0.1, 0.15) is 19.2 Å². The summed E-state index contributed by atoms with van der Waals surface area (Å²) >= 11 is 0. The number of fused-ring (bicyclic) bond motifs is 1. The van der Waals surface area contributed by atoms with Crippen LogP contribution in [0, 0.1) is 0 Å². The Morgan fingerprint density at radius 3 is 3.06 bits per heavy atom. The lowest BCUT2D eigenvalue weighted by Gasteiger charge is -2.28. The van der Waals surface area contributed by atoms with Crippen molar-refractivity contribution in [2.24, 2.45) is 0 Å². The molecule has 1 aromatic rings. The molecule has 0 aromatic heterocycles. The second-order valence-corrected chi connectivity index (χ2v) is 4.05. The van der Waals surface area contributed by atoms with E-state index in [1.165, 1.54) is 0 Å². The molecule has 2 rings (SSSR count). The van der Waals surface area contributed by atoms with E-state index >= 15 is 0 Å². The number of para-hydroxylation sites is 1. The van der Waals surface area contributed by atoms with Crippen LogP contribution in [-0.4, -0.2) is 24.3 Å². The largest absolute Gasteiger partial charge is 0.478 e. The summed E-state index contributed by atoms with van der Waals surface area (Å²) in [5.74, 6) is 0.527. The third kappa shape index (κ3) is 2.85. The summed E-state index contributed by atoms with van der Waals surface area (Å²) in [4.78, 5) is 13.1. The van der Waals surface area contributed by atoms with Crippen molar-refractivity contribution in [3.63, 3.8) is 0 Å². The number of carbonyl (C=O) groups is 1. The fourth-order valence-electron chi connectivity index (χ4n) is 1.58. The van der Waals surface area contributed by atoms with Crippen LogP contribution < -0.4 is 4.74 Å². The van der Waals surface area contributed by atoms with Gasteiger partial charge < -0.3 is 9.47 Å². The summed E-state index contributed by atoms with van der Waals surface area (Å²) < 4.78 is 10.6. The Hall–Kier alpha value is -1.81. The smallest absolute Gasteiger partial charge is 0.334 e. The molecule has 0 bridgehead atoms. The Labute approximate surface area is 100 Å². The number of esters is 1. The Morgan fingerprint density at radius 2 is 2.29 bits per heavy atom. The van der Waals surface area contributed by atoms with E-state index in [1.54, 1.807) is 6.92 Å². The average molecular weight is 233 g/mol. The normalized spacial score (nSPS) is 14.6. The molecule has 0 unspecified atom stereocenters. The first-order valence-electron chi connectivity index (χ1n) is 5.42. The van der Waals surface area contributed by atoms with Gasteiger partial charge in [0.15, 0.2) is 0 Å². The number of hydrogen-bond donors (Lipinski definition) is 0. The zero-order valence-corrected chi connectivity index (χ0v) is 9.81. The molecule has 1 aliphatic rings. The maximum absolute atomic E-state index is 11.2. The third-order valence-electron chi connectivity index (χ3n) is 2.50. The van der Waals surface area contributed by atoms with Crippen molar-refractivity contribution in [3.05, 3.63) is 42.0 Å². The molecule has 90 valence electrons. The fourth-order valence-corrected chi connectivity index (χ4v) is 1.58. The van der Waals surface area contributed by atoms with Crippen molar-refractivity contribution in [1.29, 1.82) is 0 Å². The molecule has 0 atom stereocenters. The predicted octanol–water partition coefficient (Wildman–Crippen LogP) is 1.92. The standard InChI is InChI=1S/C13H15NO3/c1-10(2)13(15)17-9-14-7-11-5-3-4-6-12(11)16-8-14/h3-6H,1,7-9H2,2H3. The fraction of sp³-hybridized carbons (Fsp3) is 0.308. The summed E-state index contributed by atoms with van der Waals surface area (Å²) in [5, 5.41) is 0. The third-order valence-corrected chi connectivity index (χ3v) is 2.50. The highest BCUT2D eigenvalue weighted by Crippen LogP contribution is 2.23. The van der Waals surface area contributed by atoms with Crippen molar-refractivity contribution < 1.29 is 14.3 Å². The summed E-state index contributed by atoms with van der Waals surface area (Å²) in [6.45, 7) is 6.53. The first-order valence-corrected chi connectivity index (χ1v) is 5.42. The highest BCUT2D eigenvalue weighted by Gasteiger charge is 2.17. The van der Waals surface area contributed by atoms with Crippen molar-refractivity contribution in [1.82, 2.24) is 4.90 Å². The molecule has 0 saturated heterocycles. The molecule has 0 spiro atoms. The molecule has 0 amide bonds. The highest BCUT2D eigenvalue weighted by molar-refractivity contribution is 5.86. The van der Waals surface area contributed by atoms with Crippen LogP contribution in [0.25, 0.3) is 0 Å². The number of benzene rings is 1. The van der Waals surface area contributed by atoms with Crippen molar-refractivity contribution >= 4 is 5.97 Å². The lowest BCUT2D eigenvalue weighted by molar-refractivity contribution is -0.146. The maximum Gasteiger partial charge on any atom is 0.334 e. The molecule has 0 saturated carbocycles. The topological polar surface area (TPSA) is 38.8 Å². The molecule has 4 nitrogen and oxygen atoms in total. The van der Waals surface area contributed by atoms with Crippen LogP contribution in [0.3, 0.4) is 0 Å². The summed E-state index contributed by atoms with van der Waals surface area (Å²) in [6.07, 6.45) is 0. The first-order chi connectivity index (χ1) is 8.16.